The molecule has 9 heteroatoms. The van der Waals surface area contributed by atoms with Crippen LogP contribution in [0.1, 0.15) is 24.1 Å². The molecular formula is C25H27ClN2O5S. The Bertz CT molecular complexity index is 1250. The predicted molar refractivity (Wildman–Crippen MR) is 133 cm³/mol. The zero-order valence-electron chi connectivity index (χ0n) is 19.4. The molecule has 0 aliphatic rings. The van der Waals surface area contributed by atoms with Gasteiger partial charge in [0.25, 0.3) is 10.0 Å². The molecule has 0 aliphatic heterocycles. The van der Waals surface area contributed by atoms with E-state index in [0.29, 0.717) is 27.8 Å². The second-order valence-electron chi connectivity index (χ2n) is 7.70. The normalized spacial score (nSPS) is 12.0. The lowest BCUT2D eigenvalue weighted by atomic mass is 10.1. The number of nitrogens with one attached hydrogen (secondary N) is 1. The van der Waals surface area contributed by atoms with Gasteiger partial charge in [-0.05, 0) is 68.4 Å². The van der Waals surface area contributed by atoms with Crippen molar-refractivity contribution in [1.82, 2.24) is 5.32 Å². The molecule has 0 heterocycles. The summed E-state index contributed by atoms with van der Waals surface area (Å²) in [7, 11) is -0.943. The van der Waals surface area contributed by atoms with Crippen molar-refractivity contribution >= 4 is 33.2 Å². The molecule has 0 spiro atoms. The Morgan fingerprint density at radius 3 is 2.24 bits per heavy atom. The van der Waals surface area contributed by atoms with Crippen LogP contribution in [0.25, 0.3) is 0 Å². The number of hydrogen-bond donors (Lipinski definition) is 1. The van der Waals surface area contributed by atoms with E-state index in [0.717, 1.165) is 9.87 Å². The minimum absolute atomic E-state index is 0.0350. The summed E-state index contributed by atoms with van der Waals surface area (Å²) in [4.78, 5) is 13.1. The standard InChI is InChI=1S/C25H27ClN2O5S/c1-17-5-9-20(10-6-17)28(34(30,31)22-12-7-19(26)8-13-22)16-25(29)27-18(2)23-15-21(32-3)11-14-24(23)33-4/h5-15,18H,16H2,1-4H3,(H,27,29). The van der Waals surface area contributed by atoms with Crippen LogP contribution in [-0.2, 0) is 14.8 Å². The van der Waals surface area contributed by atoms with E-state index in [9.17, 15) is 13.2 Å². The molecule has 3 rings (SSSR count). The molecule has 0 aliphatic carbocycles. The van der Waals surface area contributed by atoms with E-state index >= 15 is 0 Å². The summed E-state index contributed by atoms with van der Waals surface area (Å²) in [5.74, 6) is 0.719. The van der Waals surface area contributed by atoms with Crippen molar-refractivity contribution in [1.29, 1.82) is 0 Å². The van der Waals surface area contributed by atoms with Crippen molar-refractivity contribution in [3.63, 3.8) is 0 Å². The number of ether oxygens (including phenoxy) is 2. The summed E-state index contributed by atoms with van der Waals surface area (Å²) in [6, 6.07) is 17.6. The number of nitrogens with zero attached hydrogens (tertiary/aromatic N) is 1. The second kappa shape index (κ2) is 10.8. The molecule has 3 aromatic carbocycles. The number of benzene rings is 3. The van der Waals surface area contributed by atoms with Crippen LogP contribution in [0.3, 0.4) is 0 Å². The molecule has 1 atom stereocenters. The first-order valence-electron chi connectivity index (χ1n) is 10.5. The second-order valence-corrected chi connectivity index (χ2v) is 10.00. The lowest BCUT2D eigenvalue weighted by molar-refractivity contribution is -0.120. The summed E-state index contributed by atoms with van der Waals surface area (Å²) >= 11 is 5.93. The van der Waals surface area contributed by atoms with Crippen molar-refractivity contribution < 1.29 is 22.7 Å². The summed E-state index contributed by atoms with van der Waals surface area (Å²) in [6.45, 7) is 3.28. The Hall–Kier alpha value is -3.23. The Labute approximate surface area is 205 Å². The largest absolute Gasteiger partial charge is 0.497 e. The van der Waals surface area contributed by atoms with Crippen LogP contribution < -0.4 is 19.1 Å². The maximum Gasteiger partial charge on any atom is 0.264 e. The zero-order valence-corrected chi connectivity index (χ0v) is 21.0. The molecule has 1 unspecified atom stereocenters. The van der Waals surface area contributed by atoms with Crippen LogP contribution in [0.4, 0.5) is 5.69 Å². The van der Waals surface area contributed by atoms with Gasteiger partial charge in [0.2, 0.25) is 5.91 Å². The molecule has 0 fully saturated rings. The van der Waals surface area contributed by atoms with Gasteiger partial charge in [-0.15, -0.1) is 0 Å². The molecule has 3 aromatic rings. The smallest absolute Gasteiger partial charge is 0.264 e. The number of rotatable bonds is 9. The first-order chi connectivity index (χ1) is 16.1. The monoisotopic (exact) mass is 502 g/mol. The van der Waals surface area contributed by atoms with E-state index in [1.807, 2.05) is 6.92 Å². The summed E-state index contributed by atoms with van der Waals surface area (Å²) in [5.41, 5.74) is 2.05. The maximum atomic E-state index is 13.5. The number of amides is 1. The topological polar surface area (TPSA) is 84.9 Å². The van der Waals surface area contributed by atoms with Gasteiger partial charge < -0.3 is 14.8 Å². The van der Waals surface area contributed by atoms with E-state index < -0.39 is 28.5 Å². The lowest BCUT2D eigenvalue weighted by Gasteiger charge is -2.25. The number of carbonyl (C=O) groups excluding carboxylic acids is 1. The number of carbonyl (C=O) groups is 1. The Kier molecular flexibility index (Phi) is 8.06. The Balaban J connectivity index is 1.90. The molecule has 0 bridgehead atoms. The molecule has 0 radical (unpaired) electrons. The van der Waals surface area contributed by atoms with Gasteiger partial charge in [-0.2, -0.15) is 0 Å². The number of anilines is 1. The Morgan fingerprint density at radius 1 is 1.00 bits per heavy atom. The van der Waals surface area contributed by atoms with Crippen LogP contribution in [0, 0.1) is 6.92 Å². The molecule has 1 N–H and O–H groups in total. The SMILES string of the molecule is COc1ccc(OC)c(C(C)NC(=O)CN(c2ccc(C)cc2)S(=O)(=O)c2ccc(Cl)cc2)c1. The highest BCUT2D eigenvalue weighted by Crippen LogP contribution is 2.30. The van der Waals surface area contributed by atoms with Gasteiger partial charge in [-0.3, -0.25) is 9.10 Å². The van der Waals surface area contributed by atoms with E-state index in [2.05, 4.69) is 5.32 Å². The average Bonchev–Trinajstić information content (AvgIpc) is 2.83. The lowest BCUT2D eigenvalue weighted by Crippen LogP contribution is -2.41. The van der Waals surface area contributed by atoms with E-state index in [1.165, 1.54) is 31.4 Å². The van der Waals surface area contributed by atoms with Crippen LogP contribution in [0.2, 0.25) is 5.02 Å². The highest BCUT2D eigenvalue weighted by molar-refractivity contribution is 7.92. The molecule has 1 amide bonds. The number of hydrogen-bond acceptors (Lipinski definition) is 5. The maximum absolute atomic E-state index is 13.5. The molecule has 34 heavy (non-hydrogen) atoms. The Morgan fingerprint density at radius 2 is 1.65 bits per heavy atom. The predicted octanol–water partition coefficient (Wildman–Crippen LogP) is 4.74. The summed E-state index contributed by atoms with van der Waals surface area (Å²) in [5, 5.41) is 3.28. The van der Waals surface area contributed by atoms with Gasteiger partial charge in [-0.25, -0.2) is 8.42 Å². The molecule has 180 valence electrons. The third kappa shape index (κ3) is 5.81. The number of sulfonamides is 1. The van der Waals surface area contributed by atoms with Crippen molar-refractivity contribution in [2.24, 2.45) is 0 Å². The summed E-state index contributed by atoms with van der Waals surface area (Å²) in [6.07, 6.45) is 0. The van der Waals surface area contributed by atoms with Crippen LogP contribution in [0.15, 0.2) is 71.6 Å². The molecule has 0 aromatic heterocycles. The van der Waals surface area contributed by atoms with Gasteiger partial charge in [0.05, 0.1) is 30.8 Å². The molecule has 7 nitrogen and oxygen atoms in total. The molecule has 0 saturated carbocycles. The summed E-state index contributed by atoms with van der Waals surface area (Å²) < 4.78 is 38.7. The first kappa shape index (κ1) is 25.4. The minimum atomic E-state index is -4.03. The third-order valence-corrected chi connectivity index (χ3v) is 7.33. The molecule has 0 saturated heterocycles. The van der Waals surface area contributed by atoms with Gasteiger partial charge in [0.15, 0.2) is 0 Å². The van der Waals surface area contributed by atoms with Crippen molar-refractivity contribution in [3.05, 3.63) is 82.9 Å². The number of halogens is 1. The fourth-order valence-corrected chi connectivity index (χ4v) is 4.98. The fraction of sp³-hybridized carbons (Fsp3) is 0.240. The highest BCUT2D eigenvalue weighted by atomic mass is 35.5. The zero-order chi connectivity index (χ0) is 24.9. The van der Waals surface area contributed by atoms with Crippen molar-refractivity contribution in [2.75, 3.05) is 25.1 Å². The van der Waals surface area contributed by atoms with E-state index in [1.54, 1.807) is 56.5 Å². The van der Waals surface area contributed by atoms with Gasteiger partial charge in [0, 0.05) is 10.6 Å². The van der Waals surface area contributed by atoms with Gasteiger partial charge in [-0.1, -0.05) is 29.3 Å². The van der Waals surface area contributed by atoms with Crippen LogP contribution in [-0.4, -0.2) is 35.1 Å². The molecular weight excluding hydrogens is 476 g/mol. The quantitative estimate of drug-likeness (QED) is 0.457. The number of methoxy groups -OCH3 is 2. The van der Waals surface area contributed by atoms with Gasteiger partial charge in [0.1, 0.15) is 18.0 Å². The van der Waals surface area contributed by atoms with Crippen molar-refractivity contribution in [2.45, 2.75) is 24.8 Å². The fourth-order valence-electron chi connectivity index (χ4n) is 3.43. The first-order valence-corrected chi connectivity index (χ1v) is 12.3. The van der Waals surface area contributed by atoms with Gasteiger partial charge >= 0.3 is 0 Å². The van der Waals surface area contributed by atoms with Crippen molar-refractivity contribution in [3.8, 4) is 11.5 Å². The third-order valence-electron chi connectivity index (χ3n) is 5.29. The highest BCUT2D eigenvalue weighted by Gasteiger charge is 2.28. The average molecular weight is 503 g/mol. The van der Waals surface area contributed by atoms with Crippen LogP contribution >= 0.6 is 11.6 Å². The minimum Gasteiger partial charge on any atom is -0.497 e. The van der Waals surface area contributed by atoms with E-state index in [4.69, 9.17) is 21.1 Å². The van der Waals surface area contributed by atoms with E-state index in [-0.39, 0.29) is 4.90 Å². The number of aryl methyl sites for hydroxylation is 1. The van der Waals surface area contributed by atoms with Crippen LogP contribution in [0.5, 0.6) is 11.5 Å².